The third-order valence-corrected chi connectivity index (χ3v) is 1.85. The van der Waals surface area contributed by atoms with Crippen molar-refractivity contribution in [1.82, 2.24) is 15.5 Å². The monoisotopic (exact) mass is 229 g/mol. The molecule has 0 saturated heterocycles. The summed E-state index contributed by atoms with van der Waals surface area (Å²) in [6, 6.07) is 0. The molecule has 0 spiro atoms. The number of carbonyl (C=O) groups excluding carboxylic acids is 3. The van der Waals surface area contributed by atoms with Gasteiger partial charge in [-0.25, -0.2) is 0 Å². The van der Waals surface area contributed by atoms with Gasteiger partial charge in [0, 0.05) is 20.3 Å². The van der Waals surface area contributed by atoms with E-state index in [9.17, 15) is 14.4 Å². The van der Waals surface area contributed by atoms with Crippen molar-refractivity contribution >= 4 is 17.7 Å². The number of carbonyl (C=O) groups is 3. The Labute approximate surface area is 95.4 Å². The second-order valence-corrected chi connectivity index (χ2v) is 3.47. The highest BCUT2D eigenvalue weighted by atomic mass is 16.2. The van der Waals surface area contributed by atoms with Crippen LogP contribution < -0.4 is 10.6 Å². The average molecular weight is 229 g/mol. The number of amides is 3. The maximum Gasteiger partial charge on any atom is 0.225 e. The van der Waals surface area contributed by atoms with E-state index in [1.807, 2.05) is 6.92 Å². The predicted molar refractivity (Wildman–Crippen MR) is 59.1 cm³/mol. The van der Waals surface area contributed by atoms with Gasteiger partial charge in [0.05, 0.1) is 13.3 Å². The molecule has 0 aliphatic rings. The lowest BCUT2D eigenvalue weighted by molar-refractivity contribution is -0.133. The van der Waals surface area contributed by atoms with Crippen molar-refractivity contribution < 1.29 is 14.4 Å². The summed E-state index contributed by atoms with van der Waals surface area (Å²) >= 11 is 0. The van der Waals surface area contributed by atoms with Gasteiger partial charge in [0.2, 0.25) is 17.7 Å². The molecule has 6 heteroatoms. The van der Waals surface area contributed by atoms with E-state index in [1.165, 1.54) is 18.7 Å². The molecular weight excluding hydrogens is 210 g/mol. The first-order valence-corrected chi connectivity index (χ1v) is 5.24. The molecule has 0 saturated carbocycles. The van der Waals surface area contributed by atoms with Crippen LogP contribution in [0.15, 0.2) is 0 Å². The molecule has 0 aromatic rings. The SMILES string of the molecule is CCCC(=O)N(CNC(C)=O)CNC(C)=O. The topological polar surface area (TPSA) is 78.5 Å². The van der Waals surface area contributed by atoms with Crippen LogP contribution in [0.1, 0.15) is 33.6 Å². The number of rotatable bonds is 6. The van der Waals surface area contributed by atoms with Crippen LogP contribution in [0, 0.1) is 0 Å². The summed E-state index contributed by atoms with van der Waals surface area (Å²) in [5, 5.41) is 5.05. The Morgan fingerprint density at radius 1 is 1.00 bits per heavy atom. The summed E-state index contributed by atoms with van der Waals surface area (Å²) in [5.41, 5.74) is 0. The van der Waals surface area contributed by atoms with E-state index in [1.54, 1.807) is 0 Å². The van der Waals surface area contributed by atoms with Crippen molar-refractivity contribution in [2.45, 2.75) is 33.6 Å². The van der Waals surface area contributed by atoms with Crippen molar-refractivity contribution in [1.29, 1.82) is 0 Å². The average Bonchev–Trinajstić information content (AvgIpc) is 2.17. The van der Waals surface area contributed by atoms with Crippen LogP contribution in [0.4, 0.5) is 0 Å². The minimum atomic E-state index is -0.211. The fraction of sp³-hybridized carbons (Fsp3) is 0.700. The van der Waals surface area contributed by atoms with Crippen molar-refractivity contribution in [3.8, 4) is 0 Å². The molecule has 92 valence electrons. The van der Waals surface area contributed by atoms with E-state index >= 15 is 0 Å². The number of hydrogen-bond acceptors (Lipinski definition) is 3. The third kappa shape index (κ3) is 6.80. The van der Waals surface area contributed by atoms with Crippen molar-refractivity contribution in [2.75, 3.05) is 13.3 Å². The molecule has 0 aliphatic heterocycles. The Kier molecular flexibility index (Phi) is 6.91. The zero-order valence-corrected chi connectivity index (χ0v) is 10.0. The lowest BCUT2D eigenvalue weighted by atomic mass is 10.3. The van der Waals surface area contributed by atoms with Crippen LogP contribution >= 0.6 is 0 Å². The van der Waals surface area contributed by atoms with Crippen LogP contribution in [-0.4, -0.2) is 36.0 Å². The maximum absolute atomic E-state index is 11.6. The maximum atomic E-state index is 11.6. The molecule has 0 aliphatic carbocycles. The normalized spacial score (nSPS) is 9.44. The van der Waals surface area contributed by atoms with Crippen LogP contribution in [0.3, 0.4) is 0 Å². The molecule has 6 nitrogen and oxygen atoms in total. The van der Waals surface area contributed by atoms with E-state index in [2.05, 4.69) is 10.6 Å². The van der Waals surface area contributed by atoms with Crippen molar-refractivity contribution in [3.05, 3.63) is 0 Å². The Hall–Kier alpha value is -1.59. The second-order valence-electron chi connectivity index (χ2n) is 3.47. The fourth-order valence-electron chi connectivity index (χ4n) is 1.02. The Balaban J connectivity index is 4.19. The molecule has 0 aromatic heterocycles. The van der Waals surface area contributed by atoms with Crippen molar-refractivity contribution in [2.24, 2.45) is 0 Å². The third-order valence-electron chi connectivity index (χ3n) is 1.85. The Morgan fingerprint density at radius 3 is 1.75 bits per heavy atom. The highest BCUT2D eigenvalue weighted by Gasteiger charge is 2.12. The molecule has 0 rings (SSSR count). The number of nitrogens with zero attached hydrogens (tertiary/aromatic N) is 1. The second kappa shape index (κ2) is 7.67. The minimum Gasteiger partial charge on any atom is -0.339 e. The van der Waals surface area contributed by atoms with Gasteiger partial charge in [-0.2, -0.15) is 0 Å². The van der Waals surface area contributed by atoms with Gasteiger partial charge in [-0.3, -0.25) is 14.4 Å². The number of nitrogens with one attached hydrogen (secondary N) is 2. The summed E-state index contributed by atoms with van der Waals surface area (Å²) in [5.74, 6) is -0.515. The molecule has 0 atom stereocenters. The van der Waals surface area contributed by atoms with Gasteiger partial charge in [-0.05, 0) is 6.42 Å². The molecular formula is C10H19N3O3. The zero-order chi connectivity index (χ0) is 12.6. The lowest BCUT2D eigenvalue weighted by Gasteiger charge is -2.22. The smallest absolute Gasteiger partial charge is 0.225 e. The molecule has 0 heterocycles. The van der Waals surface area contributed by atoms with Crippen LogP contribution in [-0.2, 0) is 14.4 Å². The minimum absolute atomic E-state index is 0.0926. The highest BCUT2D eigenvalue weighted by molar-refractivity contribution is 5.78. The quantitative estimate of drug-likeness (QED) is 0.619. The molecule has 0 aromatic carbocycles. The van der Waals surface area contributed by atoms with Gasteiger partial charge in [0.15, 0.2) is 0 Å². The van der Waals surface area contributed by atoms with Gasteiger partial charge >= 0.3 is 0 Å². The summed E-state index contributed by atoms with van der Waals surface area (Å²) in [4.78, 5) is 34.4. The first-order valence-electron chi connectivity index (χ1n) is 5.24. The predicted octanol–water partition coefficient (Wildman–Crippen LogP) is -0.198. The summed E-state index contributed by atoms with van der Waals surface area (Å²) in [6.45, 7) is 4.89. The van der Waals surface area contributed by atoms with Gasteiger partial charge in [0.25, 0.3) is 0 Å². The van der Waals surface area contributed by atoms with Gasteiger partial charge in [-0.1, -0.05) is 6.92 Å². The first-order chi connectivity index (χ1) is 7.47. The lowest BCUT2D eigenvalue weighted by Crippen LogP contribution is -2.46. The van der Waals surface area contributed by atoms with E-state index in [0.29, 0.717) is 6.42 Å². The molecule has 2 N–H and O–H groups in total. The number of hydrogen-bond donors (Lipinski definition) is 2. The van der Waals surface area contributed by atoms with Gasteiger partial charge in [-0.15, -0.1) is 0 Å². The van der Waals surface area contributed by atoms with Crippen molar-refractivity contribution in [3.63, 3.8) is 0 Å². The molecule has 0 unspecified atom stereocenters. The van der Waals surface area contributed by atoms with Crippen LogP contribution in [0.5, 0.6) is 0 Å². The molecule has 16 heavy (non-hydrogen) atoms. The standard InChI is InChI=1S/C10H19N3O3/c1-4-5-10(16)13(6-11-8(2)14)7-12-9(3)15/h4-7H2,1-3H3,(H,11,14)(H,12,15). The molecule has 0 radical (unpaired) electrons. The first kappa shape index (κ1) is 14.4. The highest BCUT2D eigenvalue weighted by Crippen LogP contribution is 1.95. The van der Waals surface area contributed by atoms with Crippen LogP contribution in [0.2, 0.25) is 0 Å². The van der Waals surface area contributed by atoms with Gasteiger partial charge < -0.3 is 15.5 Å². The molecule has 0 bridgehead atoms. The Morgan fingerprint density at radius 2 is 1.44 bits per heavy atom. The zero-order valence-electron chi connectivity index (χ0n) is 10.0. The van der Waals surface area contributed by atoms with E-state index in [0.717, 1.165) is 6.42 Å². The van der Waals surface area contributed by atoms with Gasteiger partial charge in [0.1, 0.15) is 0 Å². The van der Waals surface area contributed by atoms with E-state index < -0.39 is 0 Å². The summed E-state index contributed by atoms with van der Waals surface area (Å²) < 4.78 is 0. The van der Waals surface area contributed by atoms with Crippen LogP contribution in [0.25, 0.3) is 0 Å². The molecule has 0 fully saturated rings. The fourth-order valence-corrected chi connectivity index (χ4v) is 1.02. The largest absolute Gasteiger partial charge is 0.339 e. The van der Waals surface area contributed by atoms with E-state index in [4.69, 9.17) is 0 Å². The molecule has 3 amide bonds. The summed E-state index contributed by atoms with van der Waals surface area (Å²) in [7, 11) is 0. The Bertz CT molecular complexity index is 248. The van der Waals surface area contributed by atoms with E-state index in [-0.39, 0.29) is 31.1 Å². The summed E-state index contributed by atoms with van der Waals surface area (Å²) in [6.07, 6.45) is 1.13.